The van der Waals surface area contributed by atoms with Crippen LogP contribution in [0.5, 0.6) is 5.75 Å². The minimum Gasteiger partial charge on any atom is -0.425 e. The van der Waals surface area contributed by atoms with Crippen LogP contribution in [-0.2, 0) is 4.79 Å². The second-order valence-corrected chi connectivity index (χ2v) is 5.63. The van der Waals surface area contributed by atoms with Gasteiger partial charge in [0.25, 0.3) is 0 Å². The first-order valence-corrected chi connectivity index (χ1v) is 7.60. The van der Waals surface area contributed by atoms with Gasteiger partial charge in [-0.05, 0) is 30.3 Å². The van der Waals surface area contributed by atoms with Gasteiger partial charge in [0, 0.05) is 36.6 Å². The van der Waals surface area contributed by atoms with Gasteiger partial charge in [0.2, 0.25) is 0 Å². The number of rotatable bonds is 5. The molecule has 2 aromatic carbocycles. The Bertz CT molecular complexity index is 735. The number of amides is 2. The van der Waals surface area contributed by atoms with Gasteiger partial charge in [0.1, 0.15) is 12.3 Å². The highest BCUT2D eigenvalue weighted by atomic mass is 35.5. The summed E-state index contributed by atoms with van der Waals surface area (Å²) in [5.74, 6) is -0.101. The largest absolute Gasteiger partial charge is 0.425 e. The SMILES string of the molecule is CN(C)C(=O)Nc1cccc(OC(=O)CNc2cccc(Cl)c2)c1. The molecule has 0 fully saturated rings. The lowest BCUT2D eigenvalue weighted by atomic mass is 10.3. The molecule has 0 bridgehead atoms. The van der Waals surface area contributed by atoms with Crippen LogP contribution >= 0.6 is 11.6 Å². The molecule has 0 aliphatic rings. The summed E-state index contributed by atoms with van der Waals surface area (Å²) < 4.78 is 5.25. The molecule has 24 heavy (non-hydrogen) atoms. The maximum absolute atomic E-state index is 11.9. The van der Waals surface area contributed by atoms with E-state index in [2.05, 4.69) is 10.6 Å². The third-order valence-electron chi connectivity index (χ3n) is 2.98. The van der Waals surface area contributed by atoms with Gasteiger partial charge in [-0.2, -0.15) is 0 Å². The van der Waals surface area contributed by atoms with E-state index in [0.29, 0.717) is 16.5 Å². The van der Waals surface area contributed by atoms with Crippen LogP contribution in [0, 0.1) is 0 Å². The topological polar surface area (TPSA) is 70.7 Å². The Morgan fingerprint density at radius 1 is 1.08 bits per heavy atom. The van der Waals surface area contributed by atoms with E-state index in [4.69, 9.17) is 16.3 Å². The quantitative estimate of drug-likeness (QED) is 0.642. The number of hydrogen-bond donors (Lipinski definition) is 2. The second kappa shape index (κ2) is 8.21. The molecule has 0 aliphatic heterocycles. The van der Waals surface area contributed by atoms with Crippen LogP contribution in [0.2, 0.25) is 5.02 Å². The van der Waals surface area contributed by atoms with Gasteiger partial charge in [-0.1, -0.05) is 23.7 Å². The molecular formula is C17H18ClN3O3. The third-order valence-corrected chi connectivity index (χ3v) is 3.22. The highest BCUT2D eigenvalue weighted by molar-refractivity contribution is 6.30. The number of carbonyl (C=O) groups excluding carboxylic acids is 2. The molecule has 126 valence electrons. The van der Waals surface area contributed by atoms with Gasteiger partial charge in [0.15, 0.2) is 0 Å². The third kappa shape index (κ3) is 5.48. The van der Waals surface area contributed by atoms with Crippen LogP contribution < -0.4 is 15.4 Å². The van der Waals surface area contributed by atoms with Gasteiger partial charge in [-0.3, -0.25) is 0 Å². The molecule has 2 rings (SSSR count). The summed E-state index contributed by atoms with van der Waals surface area (Å²) in [5.41, 5.74) is 1.27. The number of nitrogens with one attached hydrogen (secondary N) is 2. The van der Waals surface area contributed by atoms with Gasteiger partial charge in [-0.25, -0.2) is 9.59 Å². The molecule has 0 radical (unpaired) electrons. The molecule has 0 unspecified atom stereocenters. The van der Waals surface area contributed by atoms with Crippen molar-refractivity contribution in [2.24, 2.45) is 0 Å². The van der Waals surface area contributed by atoms with Crippen LogP contribution in [-0.4, -0.2) is 37.5 Å². The van der Waals surface area contributed by atoms with Crippen LogP contribution in [0.3, 0.4) is 0 Å². The molecular weight excluding hydrogens is 330 g/mol. The Morgan fingerprint density at radius 2 is 1.79 bits per heavy atom. The molecule has 7 heteroatoms. The van der Waals surface area contributed by atoms with E-state index in [1.54, 1.807) is 62.6 Å². The number of nitrogens with zero attached hydrogens (tertiary/aromatic N) is 1. The van der Waals surface area contributed by atoms with Crippen LogP contribution in [0.1, 0.15) is 0 Å². The molecule has 2 N–H and O–H groups in total. The number of halogens is 1. The summed E-state index contributed by atoms with van der Waals surface area (Å²) in [5, 5.41) is 6.20. The molecule has 0 aliphatic carbocycles. The van der Waals surface area contributed by atoms with Gasteiger partial charge >= 0.3 is 12.0 Å². The van der Waals surface area contributed by atoms with Gasteiger partial charge in [0.05, 0.1) is 0 Å². The maximum Gasteiger partial charge on any atom is 0.330 e. The van der Waals surface area contributed by atoms with Crippen LogP contribution in [0.15, 0.2) is 48.5 Å². The van der Waals surface area contributed by atoms with E-state index >= 15 is 0 Å². The smallest absolute Gasteiger partial charge is 0.330 e. The van der Waals surface area contributed by atoms with E-state index in [9.17, 15) is 9.59 Å². The van der Waals surface area contributed by atoms with Crippen molar-refractivity contribution in [3.05, 3.63) is 53.6 Å². The molecule has 6 nitrogen and oxygen atoms in total. The Labute approximate surface area is 145 Å². The van der Waals surface area contributed by atoms with Gasteiger partial charge in [-0.15, -0.1) is 0 Å². The number of carbonyl (C=O) groups is 2. The lowest BCUT2D eigenvalue weighted by Crippen LogP contribution is -2.27. The van der Waals surface area contributed by atoms with Crippen molar-refractivity contribution in [2.75, 3.05) is 31.3 Å². The van der Waals surface area contributed by atoms with Crippen LogP contribution in [0.25, 0.3) is 0 Å². The number of anilines is 2. The summed E-state index contributed by atoms with van der Waals surface area (Å²) >= 11 is 5.88. The zero-order valence-electron chi connectivity index (χ0n) is 13.4. The van der Waals surface area contributed by atoms with Crippen LogP contribution in [0.4, 0.5) is 16.2 Å². The Hall–Kier alpha value is -2.73. The fourth-order valence-corrected chi connectivity index (χ4v) is 2.00. The number of ether oxygens (including phenoxy) is 1. The lowest BCUT2D eigenvalue weighted by molar-refractivity contribution is -0.132. The highest BCUT2D eigenvalue weighted by Gasteiger charge is 2.08. The van der Waals surface area contributed by atoms with E-state index < -0.39 is 5.97 Å². The molecule has 0 saturated heterocycles. The van der Waals surface area contributed by atoms with Crippen molar-refractivity contribution < 1.29 is 14.3 Å². The van der Waals surface area contributed by atoms with Crippen molar-refractivity contribution in [2.45, 2.75) is 0 Å². The monoisotopic (exact) mass is 347 g/mol. The minimum atomic E-state index is -0.453. The normalized spacial score (nSPS) is 9.96. The molecule has 0 heterocycles. The molecule has 2 amide bonds. The first-order valence-electron chi connectivity index (χ1n) is 7.22. The van der Waals surface area contributed by atoms with Crippen molar-refractivity contribution in [1.82, 2.24) is 4.90 Å². The predicted octanol–water partition coefficient (Wildman–Crippen LogP) is 3.45. The number of esters is 1. The highest BCUT2D eigenvalue weighted by Crippen LogP contribution is 2.18. The minimum absolute atomic E-state index is 0.00533. The molecule has 0 saturated carbocycles. The zero-order chi connectivity index (χ0) is 17.5. The summed E-state index contributed by atoms with van der Waals surface area (Å²) in [4.78, 5) is 24.9. The Morgan fingerprint density at radius 3 is 2.50 bits per heavy atom. The molecule has 2 aromatic rings. The first-order chi connectivity index (χ1) is 11.4. The van der Waals surface area contributed by atoms with E-state index in [-0.39, 0.29) is 12.6 Å². The van der Waals surface area contributed by atoms with E-state index in [1.807, 2.05) is 0 Å². The van der Waals surface area contributed by atoms with Crippen molar-refractivity contribution in [1.29, 1.82) is 0 Å². The summed E-state index contributed by atoms with van der Waals surface area (Å²) in [7, 11) is 3.28. The van der Waals surface area contributed by atoms with Crippen molar-refractivity contribution >= 4 is 35.0 Å². The summed E-state index contributed by atoms with van der Waals surface area (Å²) in [6.45, 7) is -0.00533. The Kier molecular flexibility index (Phi) is 6.03. The second-order valence-electron chi connectivity index (χ2n) is 5.19. The number of benzene rings is 2. The Balaban J connectivity index is 1.90. The molecule has 0 spiro atoms. The zero-order valence-corrected chi connectivity index (χ0v) is 14.1. The lowest BCUT2D eigenvalue weighted by Gasteiger charge is -2.13. The van der Waals surface area contributed by atoms with Crippen molar-refractivity contribution in [3.63, 3.8) is 0 Å². The molecule has 0 aromatic heterocycles. The van der Waals surface area contributed by atoms with E-state index in [0.717, 1.165) is 5.69 Å². The average Bonchev–Trinajstić information content (AvgIpc) is 2.53. The number of urea groups is 1. The predicted molar refractivity (Wildman–Crippen MR) is 94.7 cm³/mol. The summed E-state index contributed by atoms with van der Waals surface area (Å²) in [6.07, 6.45) is 0. The first kappa shape index (κ1) is 17.6. The molecule has 0 atom stereocenters. The number of hydrogen-bond acceptors (Lipinski definition) is 4. The maximum atomic E-state index is 11.9. The fourth-order valence-electron chi connectivity index (χ4n) is 1.81. The summed E-state index contributed by atoms with van der Waals surface area (Å²) in [6, 6.07) is 13.4. The van der Waals surface area contributed by atoms with E-state index in [1.165, 1.54) is 4.90 Å². The van der Waals surface area contributed by atoms with Gasteiger partial charge < -0.3 is 20.3 Å². The average molecular weight is 348 g/mol. The standard InChI is InChI=1S/C17H18ClN3O3/c1-21(2)17(23)20-14-7-4-8-15(10-14)24-16(22)11-19-13-6-3-5-12(18)9-13/h3-10,19H,11H2,1-2H3,(H,20,23). The van der Waals surface area contributed by atoms with Crippen molar-refractivity contribution in [3.8, 4) is 5.75 Å². The fraction of sp³-hybridized carbons (Fsp3) is 0.176.